The standard InChI is InChI=1S/C41H38ClF2N3O4/c1-29-24-33(25-38(42)41(29)51-40-15-14-37(26-45-40)50-28-32-6-8-34(43)9-7-32)39(16-22-48)47-20-18-46(19-21-47)27-31-4-2-30(3-5-31)17-23-49-36-12-10-35(44)11-13-36/h2-16,22,24-26H,17-21,23,27-28H2,1H3/b39-16+. The number of aldehydes is 1. The molecule has 51 heavy (non-hydrogen) atoms. The molecule has 0 atom stereocenters. The average molecular weight is 710 g/mol. The lowest BCUT2D eigenvalue weighted by Gasteiger charge is -2.37. The minimum absolute atomic E-state index is 0.277. The fraction of sp³-hybridized carbons (Fsp3) is 0.220. The van der Waals surface area contributed by atoms with Gasteiger partial charge in [0.15, 0.2) is 5.75 Å². The molecule has 0 N–H and O–H groups in total. The second-order valence-electron chi connectivity index (χ2n) is 12.3. The number of ether oxygens (including phenoxy) is 3. The van der Waals surface area contributed by atoms with Crippen LogP contribution in [0.2, 0.25) is 5.02 Å². The number of halogens is 3. The maximum atomic E-state index is 13.2. The summed E-state index contributed by atoms with van der Waals surface area (Å²) >= 11 is 6.75. The summed E-state index contributed by atoms with van der Waals surface area (Å²) in [7, 11) is 0. The first-order valence-corrected chi connectivity index (χ1v) is 17.1. The lowest BCUT2D eigenvalue weighted by Crippen LogP contribution is -2.45. The Balaban J connectivity index is 1.00. The van der Waals surface area contributed by atoms with Gasteiger partial charge in [0.25, 0.3) is 0 Å². The van der Waals surface area contributed by atoms with Gasteiger partial charge in [-0.05, 0) is 89.3 Å². The molecule has 4 aromatic carbocycles. The number of aryl methyl sites for hydroxylation is 1. The second kappa shape index (κ2) is 17.1. The first kappa shape index (κ1) is 35.6. The van der Waals surface area contributed by atoms with Gasteiger partial charge in [-0.15, -0.1) is 0 Å². The Morgan fingerprint density at radius 1 is 0.804 bits per heavy atom. The summed E-state index contributed by atoms with van der Waals surface area (Å²) in [6.07, 6.45) is 4.72. The SMILES string of the molecule is Cc1cc(/C(=C\C=O)N2CCN(Cc3ccc(CCOc4ccc(F)cc4)cc3)CC2)cc(Cl)c1Oc1ccc(OCc2ccc(F)cc2)cn1. The molecule has 0 bridgehead atoms. The third-order valence-corrected chi connectivity index (χ3v) is 8.88. The van der Waals surface area contributed by atoms with Crippen LogP contribution in [0.3, 0.4) is 0 Å². The summed E-state index contributed by atoms with van der Waals surface area (Å²) < 4.78 is 43.8. The Labute approximate surface area is 301 Å². The molecule has 0 radical (unpaired) electrons. The van der Waals surface area contributed by atoms with Crippen molar-refractivity contribution >= 4 is 23.6 Å². The lowest BCUT2D eigenvalue weighted by molar-refractivity contribution is -0.104. The summed E-state index contributed by atoms with van der Waals surface area (Å²) in [5.74, 6) is 1.47. The zero-order valence-electron chi connectivity index (χ0n) is 28.2. The molecule has 0 amide bonds. The van der Waals surface area contributed by atoms with Crippen LogP contribution in [0.1, 0.15) is 27.8 Å². The number of aromatic nitrogens is 1. The van der Waals surface area contributed by atoms with Crippen LogP contribution in [0.5, 0.6) is 23.1 Å². The Morgan fingerprint density at radius 2 is 1.45 bits per heavy atom. The van der Waals surface area contributed by atoms with Gasteiger partial charge in [-0.3, -0.25) is 9.69 Å². The molecule has 10 heteroatoms. The molecule has 1 aliphatic rings. The van der Waals surface area contributed by atoms with Crippen molar-refractivity contribution in [1.82, 2.24) is 14.8 Å². The topological polar surface area (TPSA) is 64.1 Å². The van der Waals surface area contributed by atoms with Crippen LogP contribution < -0.4 is 14.2 Å². The fourth-order valence-electron chi connectivity index (χ4n) is 5.86. The van der Waals surface area contributed by atoms with Crippen LogP contribution in [-0.4, -0.2) is 53.9 Å². The number of piperazine rings is 1. The van der Waals surface area contributed by atoms with Crippen LogP contribution >= 0.6 is 11.6 Å². The predicted octanol–water partition coefficient (Wildman–Crippen LogP) is 8.67. The molecule has 2 heterocycles. The number of benzene rings is 4. The summed E-state index contributed by atoms with van der Waals surface area (Å²) in [5.41, 5.74) is 5.70. The minimum atomic E-state index is -0.294. The number of hydrogen-bond acceptors (Lipinski definition) is 7. The molecule has 0 spiro atoms. The number of nitrogens with zero attached hydrogens (tertiary/aromatic N) is 3. The summed E-state index contributed by atoms with van der Waals surface area (Å²) in [4.78, 5) is 20.7. The molecule has 6 rings (SSSR count). The third-order valence-electron chi connectivity index (χ3n) is 8.60. The lowest BCUT2D eigenvalue weighted by atomic mass is 10.1. The molecule has 1 aliphatic heterocycles. The van der Waals surface area contributed by atoms with E-state index in [1.807, 2.05) is 19.1 Å². The molecule has 5 aromatic rings. The number of hydrogen-bond donors (Lipinski definition) is 0. The zero-order chi connectivity index (χ0) is 35.6. The summed E-state index contributed by atoms with van der Waals surface area (Å²) in [6.45, 7) is 6.74. The third kappa shape index (κ3) is 9.93. The predicted molar refractivity (Wildman–Crippen MR) is 194 cm³/mol. The van der Waals surface area contributed by atoms with Crippen LogP contribution in [0.25, 0.3) is 5.70 Å². The van der Waals surface area contributed by atoms with Crippen molar-refractivity contribution in [1.29, 1.82) is 0 Å². The first-order valence-electron chi connectivity index (χ1n) is 16.7. The molecular weight excluding hydrogens is 672 g/mol. The van der Waals surface area contributed by atoms with Crippen molar-refractivity contribution in [3.8, 4) is 23.1 Å². The highest BCUT2D eigenvalue weighted by Crippen LogP contribution is 2.36. The molecular formula is C41H38ClF2N3O4. The van der Waals surface area contributed by atoms with Crippen LogP contribution in [0, 0.1) is 18.6 Å². The van der Waals surface area contributed by atoms with Gasteiger partial charge < -0.3 is 19.1 Å². The maximum Gasteiger partial charge on any atom is 0.219 e. The number of carbonyl (C=O) groups excluding carboxylic acids is 1. The minimum Gasteiger partial charge on any atom is -0.493 e. The van der Waals surface area contributed by atoms with Crippen LogP contribution in [0.4, 0.5) is 8.78 Å². The molecule has 0 aliphatic carbocycles. The summed E-state index contributed by atoms with van der Waals surface area (Å²) in [5, 5.41) is 0.407. The van der Waals surface area contributed by atoms with Gasteiger partial charge >= 0.3 is 0 Å². The Bertz CT molecular complexity index is 1910. The quantitative estimate of drug-likeness (QED) is 0.0845. The molecule has 1 aromatic heterocycles. The van der Waals surface area contributed by atoms with Crippen LogP contribution in [0.15, 0.2) is 109 Å². The smallest absolute Gasteiger partial charge is 0.219 e. The number of rotatable bonds is 14. The zero-order valence-corrected chi connectivity index (χ0v) is 29.0. The van der Waals surface area contributed by atoms with E-state index in [9.17, 15) is 13.6 Å². The summed E-state index contributed by atoms with van der Waals surface area (Å²) in [6, 6.07) is 28.0. The van der Waals surface area contributed by atoms with Gasteiger partial charge in [0.05, 0.1) is 17.8 Å². The van der Waals surface area contributed by atoms with Gasteiger partial charge in [0.2, 0.25) is 5.88 Å². The van der Waals surface area contributed by atoms with Crippen molar-refractivity contribution in [3.05, 3.63) is 154 Å². The van der Waals surface area contributed by atoms with Crippen molar-refractivity contribution in [2.75, 3.05) is 32.8 Å². The molecule has 7 nitrogen and oxygen atoms in total. The number of carbonyl (C=O) groups is 1. The molecule has 0 saturated carbocycles. The maximum absolute atomic E-state index is 13.2. The van der Waals surface area contributed by atoms with Gasteiger partial charge in [-0.2, -0.15) is 0 Å². The van der Waals surface area contributed by atoms with Gasteiger partial charge in [0, 0.05) is 57.0 Å². The van der Waals surface area contributed by atoms with E-state index < -0.39 is 0 Å². The van der Waals surface area contributed by atoms with Crippen molar-refractivity contribution in [3.63, 3.8) is 0 Å². The van der Waals surface area contributed by atoms with Crippen LogP contribution in [-0.2, 0) is 24.4 Å². The van der Waals surface area contributed by atoms with Gasteiger partial charge in [-0.1, -0.05) is 48.0 Å². The van der Waals surface area contributed by atoms with Gasteiger partial charge in [0.1, 0.15) is 36.0 Å². The average Bonchev–Trinajstić information content (AvgIpc) is 3.14. The van der Waals surface area contributed by atoms with E-state index >= 15 is 0 Å². The Morgan fingerprint density at radius 3 is 2.10 bits per heavy atom. The highest BCUT2D eigenvalue weighted by Gasteiger charge is 2.22. The Hall–Kier alpha value is -5.25. The highest BCUT2D eigenvalue weighted by atomic mass is 35.5. The van der Waals surface area contributed by atoms with Crippen molar-refractivity contribution < 1.29 is 27.8 Å². The molecule has 1 fully saturated rings. The van der Waals surface area contributed by atoms with Crippen molar-refractivity contribution in [2.45, 2.75) is 26.5 Å². The van der Waals surface area contributed by atoms with E-state index in [2.05, 4.69) is 39.0 Å². The van der Waals surface area contributed by atoms with E-state index in [0.717, 1.165) is 67.8 Å². The normalized spacial score (nSPS) is 13.6. The van der Waals surface area contributed by atoms with Crippen molar-refractivity contribution in [2.24, 2.45) is 0 Å². The molecule has 0 unspecified atom stereocenters. The second-order valence-corrected chi connectivity index (χ2v) is 12.7. The fourth-order valence-corrected chi connectivity index (χ4v) is 6.16. The van der Waals surface area contributed by atoms with E-state index in [-0.39, 0.29) is 18.2 Å². The number of allylic oxidation sites excluding steroid dienone is 1. The molecule has 1 saturated heterocycles. The number of pyridine rings is 1. The van der Waals surface area contributed by atoms with Gasteiger partial charge in [-0.25, -0.2) is 13.8 Å². The van der Waals surface area contributed by atoms with E-state index in [0.29, 0.717) is 34.8 Å². The van der Waals surface area contributed by atoms with E-state index in [4.69, 9.17) is 25.8 Å². The Kier molecular flexibility index (Phi) is 11.9. The van der Waals surface area contributed by atoms with E-state index in [1.54, 1.807) is 48.7 Å². The monoisotopic (exact) mass is 709 g/mol. The van der Waals surface area contributed by atoms with E-state index in [1.165, 1.54) is 35.4 Å². The first-order chi connectivity index (χ1) is 24.8. The molecule has 262 valence electrons. The highest BCUT2D eigenvalue weighted by molar-refractivity contribution is 6.32. The largest absolute Gasteiger partial charge is 0.493 e.